The van der Waals surface area contributed by atoms with Gasteiger partial charge in [-0.1, -0.05) is 30.7 Å². The molecule has 2 aromatic rings. The van der Waals surface area contributed by atoms with Crippen molar-refractivity contribution in [2.75, 3.05) is 13.7 Å². The summed E-state index contributed by atoms with van der Waals surface area (Å²) in [4.78, 5) is 12.4. The molecule has 3 nitrogen and oxygen atoms in total. The molecule has 0 heterocycles. The first-order chi connectivity index (χ1) is 10.7. The SMILES string of the molecule is CCCOc1ccc(PC(=O)c2ccccc2OC)c(Cl)c1.[H-].[Li+]. The van der Waals surface area contributed by atoms with Crippen molar-refractivity contribution in [1.29, 1.82) is 0 Å². The van der Waals surface area contributed by atoms with Crippen LogP contribution in [0, 0.1) is 0 Å². The summed E-state index contributed by atoms with van der Waals surface area (Å²) in [5, 5.41) is 1.36. The maximum absolute atomic E-state index is 12.4. The number of hydrogen-bond donors (Lipinski definition) is 0. The maximum atomic E-state index is 12.4. The minimum absolute atomic E-state index is 0. The molecule has 23 heavy (non-hydrogen) atoms. The monoisotopic (exact) mass is 344 g/mol. The third-order valence-electron chi connectivity index (χ3n) is 3.01. The number of methoxy groups -OCH3 is 1. The van der Waals surface area contributed by atoms with Crippen LogP contribution in [0.4, 0.5) is 0 Å². The number of benzene rings is 2. The number of halogens is 1. The van der Waals surface area contributed by atoms with Gasteiger partial charge >= 0.3 is 18.9 Å². The van der Waals surface area contributed by atoms with Gasteiger partial charge in [0.15, 0.2) is 5.52 Å². The van der Waals surface area contributed by atoms with Crippen molar-refractivity contribution in [2.45, 2.75) is 13.3 Å². The van der Waals surface area contributed by atoms with Gasteiger partial charge in [-0.25, -0.2) is 0 Å². The normalized spacial score (nSPS) is 10.4. The van der Waals surface area contributed by atoms with Gasteiger partial charge in [0.05, 0.1) is 24.3 Å². The number of rotatable bonds is 7. The van der Waals surface area contributed by atoms with Crippen LogP contribution < -0.4 is 33.6 Å². The summed E-state index contributed by atoms with van der Waals surface area (Å²) in [7, 11) is 1.50. The quantitative estimate of drug-likeness (QED) is 0.562. The van der Waals surface area contributed by atoms with Gasteiger partial charge in [0.1, 0.15) is 11.5 Å². The summed E-state index contributed by atoms with van der Waals surface area (Å²) in [6, 6.07) is 12.7. The molecular formula is C17H19ClLiO3P. The van der Waals surface area contributed by atoms with Crippen LogP contribution in [0.3, 0.4) is 0 Å². The van der Waals surface area contributed by atoms with E-state index in [-0.39, 0.29) is 34.4 Å². The first-order valence-electron chi connectivity index (χ1n) is 7.02. The first kappa shape index (κ1) is 20.1. The van der Waals surface area contributed by atoms with Gasteiger partial charge < -0.3 is 10.9 Å². The zero-order valence-electron chi connectivity index (χ0n) is 14.6. The molecule has 0 aliphatic rings. The summed E-state index contributed by atoms with van der Waals surface area (Å²) in [6.07, 6.45) is 0.938. The average Bonchev–Trinajstić information content (AvgIpc) is 2.55. The van der Waals surface area contributed by atoms with Gasteiger partial charge in [-0.15, -0.1) is 0 Å². The third-order valence-corrected chi connectivity index (χ3v) is 4.69. The van der Waals surface area contributed by atoms with Crippen LogP contribution in [0.25, 0.3) is 0 Å². The zero-order chi connectivity index (χ0) is 15.9. The minimum atomic E-state index is -0.0538. The Kier molecular flexibility index (Phi) is 8.74. The van der Waals surface area contributed by atoms with Gasteiger partial charge in [-0.05, 0) is 50.6 Å². The van der Waals surface area contributed by atoms with Crippen LogP contribution in [-0.4, -0.2) is 19.2 Å². The van der Waals surface area contributed by atoms with Crippen LogP contribution in [-0.2, 0) is 0 Å². The molecule has 0 amide bonds. The molecule has 0 radical (unpaired) electrons. The van der Waals surface area contributed by atoms with Crippen LogP contribution in [0.5, 0.6) is 11.5 Å². The van der Waals surface area contributed by atoms with Crippen molar-refractivity contribution in [2.24, 2.45) is 0 Å². The van der Waals surface area contributed by atoms with Gasteiger partial charge in [0, 0.05) is 0 Å². The summed E-state index contributed by atoms with van der Waals surface area (Å²) in [5.74, 6) is 1.31. The predicted molar refractivity (Wildman–Crippen MR) is 93.6 cm³/mol. The summed E-state index contributed by atoms with van der Waals surface area (Å²) in [5.41, 5.74) is 0.576. The predicted octanol–water partition coefficient (Wildman–Crippen LogP) is 1.40. The van der Waals surface area contributed by atoms with Crippen molar-refractivity contribution in [1.82, 2.24) is 0 Å². The largest absolute Gasteiger partial charge is 1.00 e. The standard InChI is InChI=1S/C17H18ClO3P.Li.H/c1-3-10-21-12-8-9-16(14(18)11-12)22-17(19)13-6-4-5-7-15(13)20-2;;/h4-9,11,22H,3,10H2,1-2H3;;/q;+1;-1. The molecule has 118 valence electrons. The molecule has 1 unspecified atom stereocenters. The maximum Gasteiger partial charge on any atom is 1.00 e. The molecule has 0 bridgehead atoms. The Morgan fingerprint density at radius 1 is 1.26 bits per heavy atom. The topological polar surface area (TPSA) is 35.5 Å². The molecule has 0 N–H and O–H groups in total. The van der Waals surface area contributed by atoms with E-state index in [4.69, 9.17) is 21.1 Å². The van der Waals surface area contributed by atoms with E-state index in [0.29, 0.717) is 22.9 Å². The second-order valence-electron chi connectivity index (χ2n) is 4.64. The van der Waals surface area contributed by atoms with Gasteiger partial charge in [0.25, 0.3) is 0 Å². The molecule has 0 aliphatic heterocycles. The van der Waals surface area contributed by atoms with Crippen LogP contribution in [0.2, 0.25) is 5.02 Å². The van der Waals surface area contributed by atoms with E-state index < -0.39 is 0 Å². The van der Waals surface area contributed by atoms with Crippen molar-refractivity contribution in [3.8, 4) is 11.5 Å². The van der Waals surface area contributed by atoms with E-state index in [9.17, 15) is 4.79 Å². The first-order valence-corrected chi connectivity index (χ1v) is 8.40. The molecule has 0 aromatic heterocycles. The zero-order valence-corrected chi connectivity index (χ0v) is 15.3. The smallest absolute Gasteiger partial charge is 1.00 e. The number of ether oxygens (including phenoxy) is 2. The van der Waals surface area contributed by atoms with Crippen molar-refractivity contribution in [3.63, 3.8) is 0 Å². The van der Waals surface area contributed by atoms with E-state index in [2.05, 4.69) is 0 Å². The fourth-order valence-corrected chi connectivity index (χ4v) is 3.19. The second kappa shape index (κ2) is 10.0. The van der Waals surface area contributed by atoms with Crippen molar-refractivity contribution < 1.29 is 34.6 Å². The Balaban J connectivity index is 0.00000264. The molecule has 0 saturated carbocycles. The van der Waals surface area contributed by atoms with Crippen LogP contribution >= 0.6 is 20.2 Å². The molecule has 1 atom stereocenters. The molecule has 6 heteroatoms. The average molecular weight is 345 g/mol. The Labute approximate surface area is 157 Å². The number of para-hydroxylation sites is 1. The van der Waals surface area contributed by atoms with E-state index in [1.54, 1.807) is 25.3 Å². The summed E-state index contributed by atoms with van der Waals surface area (Å²) < 4.78 is 10.8. The van der Waals surface area contributed by atoms with Gasteiger partial charge in [0.2, 0.25) is 0 Å². The fraction of sp³-hybridized carbons (Fsp3) is 0.235. The number of hydrogen-bond acceptors (Lipinski definition) is 3. The second-order valence-corrected chi connectivity index (χ2v) is 6.29. The van der Waals surface area contributed by atoms with E-state index in [0.717, 1.165) is 17.5 Å². The Morgan fingerprint density at radius 2 is 2.00 bits per heavy atom. The molecular weight excluding hydrogens is 326 g/mol. The Bertz CT molecular complexity index is 670. The van der Waals surface area contributed by atoms with Crippen LogP contribution in [0.1, 0.15) is 25.1 Å². The molecule has 0 fully saturated rings. The Morgan fingerprint density at radius 3 is 2.65 bits per heavy atom. The van der Waals surface area contributed by atoms with E-state index in [1.165, 1.54) is 0 Å². The fourth-order valence-electron chi connectivity index (χ4n) is 1.93. The van der Waals surface area contributed by atoms with Gasteiger partial charge in [-0.2, -0.15) is 0 Å². The number of carbonyl (C=O) groups is 1. The summed E-state index contributed by atoms with van der Waals surface area (Å²) in [6.45, 7) is 2.70. The van der Waals surface area contributed by atoms with Gasteiger partial charge in [-0.3, -0.25) is 4.79 Å². The number of carbonyl (C=O) groups excluding carboxylic acids is 1. The van der Waals surface area contributed by atoms with Crippen molar-refractivity contribution >= 4 is 31.0 Å². The summed E-state index contributed by atoms with van der Waals surface area (Å²) >= 11 is 6.26. The minimum Gasteiger partial charge on any atom is -1.00 e. The van der Waals surface area contributed by atoms with Crippen LogP contribution in [0.15, 0.2) is 42.5 Å². The van der Waals surface area contributed by atoms with Crippen molar-refractivity contribution in [3.05, 3.63) is 53.1 Å². The molecule has 2 rings (SSSR count). The molecule has 0 spiro atoms. The molecule has 2 aromatic carbocycles. The Hall–Kier alpha value is -0.973. The third kappa shape index (κ3) is 5.55. The molecule has 0 aliphatic carbocycles. The molecule has 0 saturated heterocycles. The van der Waals surface area contributed by atoms with E-state index >= 15 is 0 Å². The van der Waals surface area contributed by atoms with E-state index in [1.807, 2.05) is 31.2 Å².